The number of hydrogen-bond acceptors (Lipinski definition) is 4. The van der Waals surface area contributed by atoms with Crippen molar-refractivity contribution in [3.8, 4) is 0 Å². The maximum Gasteiger partial charge on any atom is 0.327 e. The second-order valence-corrected chi connectivity index (χ2v) is 7.67. The van der Waals surface area contributed by atoms with Gasteiger partial charge in [-0.1, -0.05) is 37.3 Å². The van der Waals surface area contributed by atoms with Crippen molar-refractivity contribution >= 4 is 27.6 Å². The number of benzene rings is 1. The van der Waals surface area contributed by atoms with Crippen LogP contribution in [0.1, 0.15) is 38.5 Å². The highest BCUT2D eigenvalue weighted by Gasteiger charge is 2.43. The van der Waals surface area contributed by atoms with E-state index in [1.165, 1.54) is 31.4 Å². The molecule has 0 bridgehead atoms. The molecule has 5 nitrogen and oxygen atoms in total. The molecule has 0 aliphatic heterocycles. The van der Waals surface area contributed by atoms with Crippen LogP contribution in [0.25, 0.3) is 0 Å². The number of nitrogens with one attached hydrogen (secondary N) is 1. The molecule has 0 atom stereocenters. The first-order valence-corrected chi connectivity index (χ1v) is 9.14. The Labute approximate surface area is 136 Å². The van der Waals surface area contributed by atoms with Gasteiger partial charge in [0.05, 0.1) is 12.0 Å². The monoisotopic (exact) mass is 345 g/mol. The van der Waals surface area contributed by atoms with Gasteiger partial charge in [-0.25, -0.2) is 8.42 Å². The Balaban J connectivity index is 2.33. The Morgan fingerprint density at radius 3 is 2.18 bits per heavy atom. The molecule has 1 N–H and O–H groups in total. The van der Waals surface area contributed by atoms with Gasteiger partial charge in [-0.05, 0) is 37.1 Å². The summed E-state index contributed by atoms with van der Waals surface area (Å²) in [5.74, 6) is -0.521. The highest BCUT2D eigenvalue weighted by molar-refractivity contribution is 7.89. The summed E-state index contributed by atoms with van der Waals surface area (Å²) < 4.78 is 32.6. The number of sulfonamides is 1. The number of ether oxygens (including phenoxy) is 1. The van der Waals surface area contributed by atoms with E-state index >= 15 is 0 Å². The van der Waals surface area contributed by atoms with Gasteiger partial charge in [-0.15, -0.1) is 0 Å². The van der Waals surface area contributed by atoms with Gasteiger partial charge in [0, 0.05) is 5.02 Å². The van der Waals surface area contributed by atoms with Crippen LogP contribution < -0.4 is 4.72 Å². The van der Waals surface area contributed by atoms with Crippen molar-refractivity contribution in [1.82, 2.24) is 4.72 Å². The molecule has 122 valence electrons. The Morgan fingerprint density at radius 1 is 1.14 bits per heavy atom. The van der Waals surface area contributed by atoms with E-state index in [1.54, 1.807) is 0 Å². The molecular weight excluding hydrogens is 326 g/mol. The average Bonchev–Trinajstić information content (AvgIpc) is 2.73. The fourth-order valence-corrected chi connectivity index (χ4v) is 4.35. The van der Waals surface area contributed by atoms with Crippen molar-refractivity contribution in [2.45, 2.75) is 49.0 Å². The third-order valence-electron chi connectivity index (χ3n) is 3.99. The molecule has 0 radical (unpaired) electrons. The molecule has 2 rings (SSSR count). The Hall–Kier alpha value is -1.11. The SMILES string of the molecule is COC(=O)C1(NS(=O)(=O)c2ccc(Cl)cc2)CCCCCC1. The molecule has 22 heavy (non-hydrogen) atoms. The largest absolute Gasteiger partial charge is 0.468 e. The van der Waals surface area contributed by atoms with Gasteiger partial charge in [0.2, 0.25) is 10.0 Å². The summed E-state index contributed by atoms with van der Waals surface area (Å²) in [4.78, 5) is 12.3. The Kier molecular flexibility index (Phi) is 5.47. The normalized spacial score (nSPS) is 18.5. The molecule has 1 aliphatic carbocycles. The van der Waals surface area contributed by atoms with E-state index in [2.05, 4.69) is 4.72 Å². The van der Waals surface area contributed by atoms with Gasteiger partial charge in [0.15, 0.2) is 0 Å². The Bertz CT molecular complexity index is 619. The minimum absolute atomic E-state index is 0.0874. The molecule has 1 aromatic carbocycles. The van der Waals surface area contributed by atoms with Gasteiger partial charge < -0.3 is 4.74 Å². The van der Waals surface area contributed by atoms with Gasteiger partial charge in [0.25, 0.3) is 0 Å². The van der Waals surface area contributed by atoms with Crippen molar-refractivity contribution in [2.75, 3.05) is 7.11 Å². The van der Waals surface area contributed by atoms with Crippen molar-refractivity contribution in [3.63, 3.8) is 0 Å². The summed E-state index contributed by atoms with van der Waals surface area (Å²) in [6.07, 6.45) is 4.46. The number of carbonyl (C=O) groups is 1. The number of halogens is 1. The van der Waals surface area contributed by atoms with Crippen LogP contribution >= 0.6 is 11.6 Å². The van der Waals surface area contributed by atoms with Crippen molar-refractivity contribution < 1.29 is 17.9 Å². The molecule has 0 heterocycles. The molecule has 0 amide bonds. The summed E-state index contributed by atoms with van der Waals surface area (Å²) in [6, 6.07) is 5.86. The number of methoxy groups -OCH3 is 1. The minimum Gasteiger partial charge on any atom is -0.468 e. The zero-order chi connectivity index (χ0) is 16.2. The Morgan fingerprint density at radius 2 is 1.68 bits per heavy atom. The van der Waals surface area contributed by atoms with Crippen LogP contribution in [0.2, 0.25) is 5.02 Å². The van der Waals surface area contributed by atoms with Gasteiger partial charge in [0.1, 0.15) is 5.54 Å². The number of carbonyl (C=O) groups excluding carboxylic acids is 1. The highest BCUT2D eigenvalue weighted by atomic mass is 35.5. The van der Waals surface area contributed by atoms with Crippen molar-refractivity contribution in [3.05, 3.63) is 29.3 Å². The molecule has 0 aromatic heterocycles. The van der Waals surface area contributed by atoms with E-state index in [4.69, 9.17) is 16.3 Å². The number of esters is 1. The quantitative estimate of drug-likeness (QED) is 0.672. The lowest BCUT2D eigenvalue weighted by molar-refractivity contribution is -0.148. The van der Waals surface area contributed by atoms with Gasteiger partial charge >= 0.3 is 5.97 Å². The summed E-state index contributed by atoms with van der Waals surface area (Å²) in [6.45, 7) is 0. The van der Waals surface area contributed by atoms with Crippen LogP contribution in [0.3, 0.4) is 0 Å². The summed E-state index contributed by atoms with van der Waals surface area (Å²) in [7, 11) is -2.53. The summed E-state index contributed by atoms with van der Waals surface area (Å²) >= 11 is 5.79. The molecule has 1 aromatic rings. The van der Waals surface area contributed by atoms with E-state index in [-0.39, 0.29) is 4.90 Å². The molecule has 1 saturated carbocycles. The lowest BCUT2D eigenvalue weighted by Gasteiger charge is -2.30. The van der Waals surface area contributed by atoms with E-state index < -0.39 is 21.5 Å². The highest BCUT2D eigenvalue weighted by Crippen LogP contribution is 2.30. The van der Waals surface area contributed by atoms with Gasteiger partial charge in [-0.3, -0.25) is 4.79 Å². The standard InChI is InChI=1S/C15H20ClNO4S/c1-21-14(18)15(10-4-2-3-5-11-15)17-22(19,20)13-8-6-12(16)7-9-13/h6-9,17H,2-5,10-11H2,1H3. The molecule has 0 saturated heterocycles. The maximum atomic E-state index is 12.6. The number of rotatable bonds is 4. The summed E-state index contributed by atoms with van der Waals surface area (Å²) in [5.41, 5.74) is -1.18. The predicted molar refractivity (Wildman–Crippen MR) is 84.2 cm³/mol. The second kappa shape index (κ2) is 6.98. The molecule has 7 heteroatoms. The van der Waals surface area contributed by atoms with Crippen LogP contribution in [0.4, 0.5) is 0 Å². The third kappa shape index (κ3) is 3.80. The lowest BCUT2D eigenvalue weighted by atomic mass is 9.92. The number of hydrogen-bond donors (Lipinski definition) is 1. The first-order valence-electron chi connectivity index (χ1n) is 7.28. The zero-order valence-electron chi connectivity index (χ0n) is 12.5. The maximum absolute atomic E-state index is 12.6. The van der Waals surface area contributed by atoms with E-state index in [1.807, 2.05) is 0 Å². The van der Waals surface area contributed by atoms with Gasteiger partial charge in [-0.2, -0.15) is 4.72 Å². The molecule has 0 spiro atoms. The molecule has 1 aliphatic rings. The smallest absolute Gasteiger partial charge is 0.327 e. The fraction of sp³-hybridized carbons (Fsp3) is 0.533. The third-order valence-corrected chi connectivity index (χ3v) is 5.79. The molecular formula is C15H20ClNO4S. The van der Waals surface area contributed by atoms with Crippen LogP contribution in [0, 0.1) is 0 Å². The fourth-order valence-electron chi connectivity index (χ4n) is 2.81. The van der Waals surface area contributed by atoms with E-state index in [0.717, 1.165) is 25.7 Å². The first kappa shape index (κ1) is 17.2. The van der Waals surface area contributed by atoms with E-state index in [0.29, 0.717) is 17.9 Å². The molecule has 1 fully saturated rings. The van der Waals surface area contributed by atoms with Crippen LogP contribution in [0.15, 0.2) is 29.2 Å². The van der Waals surface area contributed by atoms with Crippen LogP contribution in [0.5, 0.6) is 0 Å². The second-order valence-electron chi connectivity index (χ2n) is 5.55. The zero-order valence-corrected chi connectivity index (χ0v) is 14.0. The predicted octanol–water partition coefficient (Wildman–Crippen LogP) is 2.88. The van der Waals surface area contributed by atoms with E-state index in [9.17, 15) is 13.2 Å². The van der Waals surface area contributed by atoms with Crippen LogP contribution in [-0.4, -0.2) is 27.0 Å². The molecule has 0 unspecified atom stereocenters. The summed E-state index contributed by atoms with van der Waals surface area (Å²) in [5, 5.41) is 0.455. The lowest BCUT2D eigenvalue weighted by Crippen LogP contribution is -2.54. The van der Waals surface area contributed by atoms with Crippen molar-refractivity contribution in [2.24, 2.45) is 0 Å². The first-order chi connectivity index (χ1) is 10.4. The average molecular weight is 346 g/mol. The van der Waals surface area contributed by atoms with Crippen molar-refractivity contribution in [1.29, 1.82) is 0 Å². The van der Waals surface area contributed by atoms with Crippen LogP contribution in [-0.2, 0) is 19.6 Å². The topological polar surface area (TPSA) is 72.5 Å². The minimum atomic E-state index is -3.82.